The molecular formula is C15H14N2O3. The van der Waals surface area contributed by atoms with Gasteiger partial charge in [-0.25, -0.2) is 4.79 Å². The van der Waals surface area contributed by atoms with Crippen molar-refractivity contribution in [3.63, 3.8) is 0 Å². The molecule has 0 bridgehead atoms. The van der Waals surface area contributed by atoms with Crippen LogP contribution in [0.1, 0.15) is 39.9 Å². The quantitative estimate of drug-likeness (QED) is 0.798. The van der Waals surface area contributed by atoms with Crippen LogP contribution in [0, 0.1) is 18.3 Å². The first-order valence-electron chi connectivity index (χ1n) is 6.27. The summed E-state index contributed by atoms with van der Waals surface area (Å²) in [5, 5.41) is 12.5. The van der Waals surface area contributed by atoms with Gasteiger partial charge in [0.25, 0.3) is 0 Å². The van der Waals surface area contributed by atoms with Crippen molar-refractivity contribution in [2.45, 2.75) is 26.9 Å². The molecule has 102 valence electrons. The first-order chi connectivity index (χ1) is 9.65. The Labute approximate surface area is 116 Å². The van der Waals surface area contributed by atoms with Gasteiger partial charge in [-0.2, -0.15) is 5.26 Å². The van der Waals surface area contributed by atoms with Gasteiger partial charge in [0.15, 0.2) is 0 Å². The van der Waals surface area contributed by atoms with E-state index in [9.17, 15) is 4.79 Å². The molecule has 0 atom stereocenters. The van der Waals surface area contributed by atoms with E-state index in [1.165, 1.54) is 0 Å². The van der Waals surface area contributed by atoms with Crippen molar-refractivity contribution in [3.05, 3.63) is 52.4 Å². The summed E-state index contributed by atoms with van der Waals surface area (Å²) in [5.41, 5.74) is 2.40. The number of rotatable bonds is 4. The van der Waals surface area contributed by atoms with Crippen LogP contribution >= 0.6 is 0 Å². The molecule has 0 N–H and O–H groups in total. The normalized spacial score (nSPS) is 10.1. The zero-order chi connectivity index (χ0) is 14.5. The van der Waals surface area contributed by atoms with Crippen LogP contribution in [0.5, 0.6) is 0 Å². The molecule has 5 heteroatoms. The van der Waals surface area contributed by atoms with Gasteiger partial charge >= 0.3 is 5.97 Å². The van der Waals surface area contributed by atoms with Gasteiger partial charge in [0.1, 0.15) is 17.9 Å². The van der Waals surface area contributed by atoms with Gasteiger partial charge in [-0.1, -0.05) is 24.2 Å². The van der Waals surface area contributed by atoms with Gasteiger partial charge in [0, 0.05) is 0 Å². The molecule has 0 spiro atoms. The molecule has 1 aromatic heterocycles. The molecule has 1 heterocycles. The fraction of sp³-hybridized carbons (Fsp3) is 0.267. The highest BCUT2D eigenvalue weighted by Gasteiger charge is 2.20. The number of hydrogen-bond acceptors (Lipinski definition) is 5. The maximum absolute atomic E-state index is 12.0. The summed E-state index contributed by atoms with van der Waals surface area (Å²) in [6.07, 6.45) is 0.610. The Morgan fingerprint density at radius 3 is 2.70 bits per heavy atom. The van der Waals surface area contributed by atoms with E-state index in [0.717, 1.165) is 5.56 Å². The maximum Gasteiger partial charge on any atom is 0.344 e. The van der Waals surface area contributed by atoms with Gasteiger partial charge in [-0.15, -0.1) is 0 Å². The lowest BCUT2D eigenvalue weighted by atomic mass is 10.1. The molecule has 20 heavy (non-hydrogen) atoms. The van der Waals surface area contributed by atoms with Crippen molar-refractivity contribution < 1.29 is 14.1 Å². The SMILES string of the molecule is CCc1noc(C)c1C(=O)OCc1ccc(C#N)cc1. The smallest absolute Gasteiger partial charge is 0.344 e. The molecule has 2 aromatic rings. The Hall–Kier alpha value is -2.61. The Morgan fingerprint density at radius 2 is 2.10 bits per heavy atom. The van der Waals surface area contributed by atoms with E-state index < -0.39 is 5.97 Å². The zero-order valence-corrected chi connectivity index (χ0v) is 11.3. The van der Waals surface area contributed by atoms with E-state index in [1.54, 1.807) is 31.2 Å². The summed E-state index contributed by atoms with van der Waals surface area (Å²) in [5.74, 6) is 0.0247. The van der Waals surface area contributed by atoms with E-state index in [1.807, 2.05) is 13.0 Å². The zero-order valence-electron chi connectivity index (χ0n) is 11.3. The molecule has 5 nitrogen and oxygen atoms in total. The first kappa shape index (κ1) is 13.8. The number of carbonyl (C=O) groups excluding carboxylic acids is 1. The van der Waals surface area contributed by atoms with Crippen molar-refractivity contribution in [2.24, 2.45) is 0 Å². The minimum atomic E-state index is -0.440. The summed E-state index contributed by atoms with van der Waals surface area (Å²) in [6, 6.07) is 8.92. The number of esters is 1. The van der Waals surface area contributed by atoms with Gasteiger partial charge in [-0.3, -0.25) is 0 Å². The number of nitriles is 1. The third kappa shape index (κ3) is 2.86. The molecule has 2 rings (SSSR count). The summed E-state index contributed by atoms with van der Waals surface area (Å²) in [6.45, 7) is 3.73. The number of aromatic nitrogens is 1. The highest BCUT2D eigenvalue weighted by atomic mass is 16.5. The van der Waals surface area contributed by atoms with Crippen LogP contribution in [0.25, 0.3) is 0 Å². The number of ether oxygens (including phenoxy) is 1. The second kappa shape index (κ2) is 6.02. The second-order valence-electron chi connectivity index (χ2n) is 4.30. The van der Waals surface area contributed by atoms with E-state index in [-0.39, 0.29) is 6.61 Å². The Bertz CT molecular complexity index is 651. The lowest BCUT2D eigenvalue weighted by Crippen LogP contribution is -2.08. The van der Waals surface area contributed by atoms with Crippen LogP contribution in [-0.4, -0.2) is 11.1 Å². The molecule has 0 fully saturated rings. The van der Waals surface area contributed by atoms with Crippen molar-refractivity contribution >= 4 is 5.97 Å². The number of hydrogen-bond donors (Lipinski definition) is 0. The van der Waals surface area contributed by atoms with Crippen molar-refractivity contribution in [1.82, 2.24) is 5.16 Å². The summed E-state index contributed by atoms with van der Waals surface area (Å²) in [7, 11) is 0. The lowest BCUT2D eigenvalue weighted by molar-refractivity contribution is 0.0469. The monoisotopic (exact) mass is 270 g/mol. The minimum Gasteiger partial charge on any atom is -0.457 e. The number of benzene rings is 1. The molecule has 0 aliphatic rings. The van der Waals surface area contributed by atoms with Crippen LogP contribution < -0.4 is 0 Å². The molecule has 0 saturated heterocycles. The van der Waals surface area contributed by atoms with Crippen LogP contribution in [0.4, 0.5) is 0 Å². The fourth-order valence-corrected chi connectivity index (χ4v) is 1.82. The summed E-state index contributed by atoms with van der Waals surface area (Å²) < 4.78 is 10.3. The first-order valence-corrected chi connectivity index (χ1v) is 6.27. The number of nitrogens with zero attached hydrogens (tertiary/aromatic N) is 2. The third-order valence-electron chi connectivity index (χ3n) is 2.93. The standard InChI is InChI=1S/C15H14N2O3/c1-3-13-14(10(2)20-17-13)15(18)19-9-12-6-4-11(8-16)5-7-12/h4-7H,3,9H2,1-2H3. The highest BCUT2D eigenvalue weighted by Crippen LogP contribution is 2.16. The largest absolute Gasteiger partial charge is 0.457 e. The van der Waals surface area contributed by atoms with Gasteiger partial charge in [0.2, 0.25) is 0 Å². The van der Waals surface area contributed by atoms with Crippen LogP contribution in [0.15, 0.2) is 28.8 Å². The Morgan fingerprint density at radius 1 is 1.40 bits per heavy atom. The number of carbonyl (C=O) groups is 1. The molecule has 0 aliphatic heterocycles. The fourth-order valence-electron chi connectivity index (χ4n) is 1.82. The van der Waals surface area contributed by atoms with E-state index >= 15 is 0 Å². The van der Waals surface area contributed by atoms with Crippen LogP contribution in [0.3, 0.4) is 0 Å². The molecular weight excluding hydrogens is 256 g/mol. The lowest BCUT2D eigenvalue weighted by Gasteiger charge is -2.05. The topological polar surface area (TPSA) is 76.1 Å². The van der Waals surface area contributed by atoms with Crippen molar-refractivity contribution in [3.8, 4) is 6.07 Å². The minimum absolute atomic E-state index is 0.151. The van der Waals surface area contributed by atoms with E-state index in [4.69, 9.17) is 14.5 Å². The molecule has 0 saturated carbocycles. The van der Waals surface area contributed by atoms with Gasteiger partial charge in [0.05, 0.1) is 17.3 Å². The Kier molecular flexibility index (Phi) is 4.16. The molecule has 0 aliphatic carbocycles. The Balaban J connectivity index is 2.05. The van der Waals surface area contributed by atoms with Crippen LogP contribution in [0.2, 0.25) is 0 Å². The maximum atomic E-state index is 12.0. The van der Waals surface area contributed by atoms with E-state index in [0.29, 0.717) is 29.0 Å². The average molecular weight is 270 g/mol. The molecule has 0 radical (unpaired) electrons. The molecule has 0 unspecified atom stereocenters. The third-order valence-corrected chi connectivity index (χ3v) is 2.93. The van der Waals surface area contributed by atoms with Crippen molar-refractivity contribution in [1.29, 1.82) is 5.26 Å². The highest BCUT2D eigenvalue weighted by molar-refractivity contribution is 5.91. The summed E-state index contributed by atoms with van der Waals surface area (Å²) >= 11 is 0. The van der Waals surface area contributed by atoms with Gasteiger partial charge in [-0.05, 0) is 31.0 Å². The van der Waals surface area contributed by atoms with Crippen molar-refractivity contribution in [2.75, 3.05) is 0 Å². The molecule has 1 aromatic carbocycles. The second-order valence-corrected chi connectivity index (χ2v) is 4.30. The van der Waals surface area contributed by atoms with Gasteiger partial charge < -0.3 is 9.26 Å². The number of aryl methyl sites for hydroxylation is 2. The van der Waals surface area contributed by atoms with E-state index in [2.05, 4.69) is 5.16 Å². The average Bonchev–Trinajstić information content (AvgIpc) is 2.86. The predicted octanol–water partition coefficient (Wildman–Crippen LogP) is 2.77. The summed E-state index contributed by atoms with van der Waals surface area (Å²) in [4.78, 5) is 12.0. The molecule has 0 amide bonds. The predicted molar refractivity (Wildman–Crippen MR) is 70.9 cm³/mol. The van der Waals surface area contributed by atoms with Crippen LogP contribution in [-0.2, 0) is 17.8 Å².